The fraction of sp³-hybridized carbons (Fsp3) is 0.846. The molecule has 2 rings (SSSR count). The van der Waals surface area contributed by atoms with E-state index >= 15 is 0 Å². The van der Waals surface area contributed by atoms with Gasteiger partial charge in [0.2, 0.25) is 0 Å². The summed E-state index contributed by atoms with van der Waals surface area (Å²) in [6, 6.07) is 0. The molecule has 2 saturated heterocycles. The van der Waals surface area contributed by atoms with Crippen molar-refractivity contribution in [3.8, 4) is 0 Å². The predicted octanol–water partition coefficient (Wildman–Crippen LogP) is 2.56. The Morgan fingerprint density at radius 2 is 1.68 bits per heavy atom. The van der Waals surface area contributed by atoms with Crippen molar-refractivity contribution in [2.45, 2.75) is 57.7 Å². The van der Waals surface area contributed by atoms with Crippen molar-refractivity contribution >= 4 is 7.12 Å². The van der Waals surface area contributed by atoms with Gasteiger partial charge in [0.25, 0.3) is 5.92 Å². The SMILES string of the molecule is CC1(C)OB(/C=C2/CCNCCC2(F)F)OC1(C)C. The highest BCUT2D eigenvalue weighted by atomic mass is 19.3. The Balaban J connectivity index is 2.17. The van der Waals surface area contributed by atoms with Gasteiger partial charge in [-0.05, 0) is 52.2 Å². The highest BCUT2D eigenvalue weighted by Gasteiger charge is 2.51. The van der Waals surface area contributed by atoms with Gasteiger partial charge >= 0.3 is 7.12 Å². The Bertz CT molecular complexity index is 367. The van der Waals surface area contributed by atoms with Gasteiger partial charge in [-0.15, -0.1) is 0 Å². The van der Waals surface area contributed by atoms with Crippen molar-refractivity contribution in [1.82, 2.24) is 5.32 Å². The maximum atomic E-state index is 13.9. The van der Waals surface area contributed by atoms with Gasteiger partial charge in [0, 0.05) is 13.0 Å². The van der Waals surface area contributed by atoms with Crippen LogP contribution >= 0.6 is 0 Å². The molecule has 2 heterocycles. The second-order valence-electron chi connectivity index (χ2n) is 6.27. The molecule has 0 aromatic rings. The Hall–Kier alpha value is -0.455. The first-order valence-corrected chi connectivity index (χ1v) is 6.79. The second-order valence-corrected chi connectivity index (χ2v) is 6.27. The third-order valence-corrected chi connectivity index (χ3v) is 4.27. The van der Waals surface area contributed by atoms with E-state index in [-0.39, 0.29) is 12.0 Å². The summed E-state index contributed by atoms with van der Waals surface area (Å²) >= 11 is 0. The summed E-state index contributed by atoms with van der Waals surface area (Å²) in [6.45, 7) is 8.57. The molecule has 2 fully saturated rings. The van der Waals surface area contributed by atoms with Crippen LogP contribution in [0.15, 0.2) is 11.5 Å². The van der Waals surface area contributed by atoms with E-state index in [4.69, 9.17) is 9.31 Å². The van der Waals surface area contributed by atoms with Crippen LogP contribution in [0.25, 0.3) is 0 Å². The van der Waals surface area contributed by atoms with Gasteiger partial charge < -0.3 is 14.6 Å². The standard InChI is InChI=1S/C13H22BF2NO2/c1-11(2)12(3,4)19-14(18-11)9-10-5-7-17-8-6-13(10,15)16/h9,17H,5-8H2,1-4H3/b10-9-. The minimum absolute atomic E-state index is 0.121. The van der Waals surface area contributed by atoms with Crippen LogP contribution in [-0.4, -0.2) is 37.3 Å². The van der Waals surface area contributed by atoms with E-state index in [1.807, 2.05) is 27.7 Å². The van der Waals surface area contributed by atoms with Crippen LogP contribution in [0.3, 0.4) is 0 Å². The van der Waals surface area contributed by atoms with E-state index in [2.05, 4.69) is 5.32 Å². The van der Waals surface area contributed by atoms with Crippen LogP contribution in [-0.2, 0) is 9.31 Å². The normalized spacial score (nSPS) is 31.5. The molecular formula is C13H22BF2NO2. The van der Waals surface area contributed by atoms with Crippen molar-refractivity contribution < 1.29 is 18.1 Å². The number of alkyl halides is 2. The van der Waals surface area contributed by atoms with Crippen LogP contribution in [0, 0.1) is 0 Å². The lowest BCUT2D eigenvalue weighted by Gasteiger charge is -2.32. The zero-order valence-corrected chi connectivity index (χ0v) is 12.1. The smallest absolute Gasteiger partial charge is 0.400 e. The number of hydrogen-bond acceptors (Lipinski definition) is 3. The first-order chi connectivity index (χ1) is 8.64. The molecule has 0 unspecified atom stereocenters. The van der Waals surface area contributed by atoms with E-state index in [9.17, 15) is 8.78 Å². The monoisotopic (exact) mass is 273 g/mol. The van der Waals surface area contributed by atoms with Gasteiger partial charge in [0.05, 0.1) is 11.2 Å². The number of rotatable bonds is 1. The van der Waals surface area contributed by atoms with Crippen molar-refractivity contribution in [2.75, 3.05) is 13.1 Å². The number of halogens is 2. The van der Waals surface area contributed by atoms with Crippen LogP contribution in [0.5, 0.6) is 0 Å². The van der Waals surface area contributed by atoms with Gasteiger partial charge in [0.15, 0.2) is 0 Å². The van der Waals surface area contributed by atoms with E-state index in [0.717, 1.165) is 0 Å². The van der Waals surface area contributed by atoms with Crippen LogP contribution in [0.1, 0.15) is 40.5 Å². The zero-order chi connectivity index (χ0) is 14.3. The maximum absolute atomic E-state index is 13.9. The van der Waals surface area contributed by atoms with E-state index in [0.29, 0.717) is 19.5 Å². The summed E-state index contributed by atoms with van der Waals surface area (Å²) in [5.41, 5.74) is -0.865. The fourth-order valence-corrected chi connectivity index (χ4v) is 2.26. The van der Waals surface area contributed by atoms with Gasteiger partial charge in [-0.3, -0.25) is 0 Å². The molecule has 0 aliphatic carbocycles. The lowest BCUT2D eigenvalue weighted by molar-refractivity contribution is 0.00578. The van der Waals surface area contributed by atoms with E-state index in [1.165, 1.54) is 5.98 Å². The molecule has 0 spiro atoms. The van der Waals surface area contributed by atoms with Gasteiger partial charge in [0.1, 0.15) is 0 Å². The average Bonchev–Trinajstić information content (AvgIpc) is 2.36. The third kappa shape index (κ3) is 3.01. The molecule has 1 N–H and O–H groups in total. The summed E-state index contributed by atoms with van der Waals surface area (Å²) < 4.78 is 39.4. The highest BCUT2D eigenvalue weighted by molar-refractivity contribution is 6.51. The maximum Gasteiger partial charge on any atom is 0.487 e. The number of nitrogens with one attached hydrogen (secondary N) is 1. The Kier molecular flexibility index (Phi) is 3.80. The molecule has 0 saturated carbocycles. The summed E-state index contributed by atoms with van der Waals surface area (Å²) in [7, 11) is -0.691. The van der Waals surface area contributed by atoms with Crippen molar-refractivity contribution in [3.63, 3.8) is 0 Å². The quantitative estimate of drug-likeness (QED) is 0.745. The van der Waals surface area contributed by atoms with Crippen LogP contribution in [0.2, 0.25) is 0 Å². The third-order valence-electron chi connectivity index (χ3n) is 4.27. The van der Waals surface area contributed by atoms with E-state index in [1.54, 1.807) is 0 Å². The van der Waals surface area contributed by atoms with E-state index < -0.39 is 24.2 Å². The predicted molar refractivity (Wildman–Crippen MR) is 71.2 cm³/mol. The lowest BCUT2D eigenvalue weighted by atomic mass is 9.84. The van der Waals surface area contributed by atoms with Gasteiger partial charge in [-0.25, -0.2) is 8.78 Å². The summed E-state index contributed by atoms with van der Waals surface area (Å²) in [5, 5.41) is 2.99. The van der Waals surface area contributed by atoms with Gasteiger partial charge in [-0.1, -0.05) is 0 Å². The first-order valence-electron chi connectivity index (χ1n) is 6.79. The fourth-order valence-electron chi connectivity index (χ4n) is 2.26. The first kappa shape index (κ1) is 14.9. The molecule has 19 heavy (non-hydrogen) atoms. The molecule has 0 amide bonds. The molecule has 0 atom stereocenters. The zero-order valence-electron chi connectivity index (χ0n) is 12.1. The largest absolute Gasteiger partial charge is 0.487 e. The molecule has 0 radical (unpaired) electrons. The van der Waals surface area contributed by atoms with Gasteiger partial charge in [-0.2, -0.15) is 0 Å². The lowest BCUT2D eigenvalue weighted by Crippen LogP contribution is -2.41. The molecule has 0 aromatic carbocycles. The molecule has 0 aromatic heterocycles. The molecule has 3 nitrogen and oxygen atoms in total. The minimum Gasteiger partial charge on any atom is -0.400 e. The van der Waals surface area contributed by atoms with Crippen molar-refractivity contribution in [1.29, 1.82) is 0 Å². The Morgan fingerprint density at radius 3 is 2.26 bits per heavy atom. The summed E-state index contributed by atoms with van der Waals surface area (Å²) in [6.07, 6.45) is 0.162. The molecule has 108 valence electrons. The molecule has 2 aliphatic heterocycles. The van der Waals surface area contributed by atoms with Crippen LogP contribution < -0.4 is 5.32 Å². The molecular weight excluding hydrogens is 251 g/mol. The summed E-state index contributed by atoms with van der Waals surface area (Å²) in [5.74, 6) is -1.31. The number of hydrogen-bond donors (Lipinski definition) is 1. The summed E-state index contributed by atoms with van der Waals surface area (Å²) in [4.78, 5) is 0. The Morgan fingerprint density at radius 1 is 1.11 bits per heavy atom. The topological polar surface area (TPSA) is 30.5 Å². The molecule has 0 bridgehead atoms. The van der Waals surface area contributed by atoms with Crippen LogP contribution in [0.4, 0.5) is 8.78 Å². The molecule has 6 heteroatoms. The average molecular weight is 273 g/mol. The second kappa shape index (κ2) is 4.83. The van der Waals surface area contributed by atoms with Crippen molar-refractivity contribution in [3.05, 3.63) is 11.5 Å². The Labute approximate surface area is 113 Å². The highest BCUT2D eigenvalue weighted by Crippen LogP contribution is 2.39. The minimum atomic E-state index is -2.77. The molecule has 2 aliphatic rings. The van der Waals surface area contributed by atoms with Crippen molar-refractivity contribution in [2.24, 2.45) is 0 Å².